The molecule has 0 saturated heterocycles. The zero-order valence-corrected chi connectivity index (χ0v) is 16.3. The van der Waals surface area contributed by atoms with E-state index in [9.17, 15) is 0 Å². The fourth-order valence-electron chi connectivity index (χ4n) is 2.81. The second kappa shape index (κ2) is 8.67. The highest BCUT2D eigenvalue weighted by Crippen LogP contribution is 2.18. The van der Waals surface area contributed by atoms with Crippen LogP contribution in [0, 0.1) is 0 Å². The number of aromatic nitrogens is 2. The minimum absolute atomic E-state index is 0.444. The van der Waals surface area contributed by atoms with Gasteiger partial charge in [-0.1, -0.05) is 37.3 Å². The van der Waals surface area contributed by atoms with Crippen LogP contribution >= 0.6 is 11.3 Å². The number of rotatable bonds is 6. The summed E-state index contributed by atoms with van der Waals surface area (Å²) in [5, 5.41) is 7.78. The van der Waals surface area contributed by atoms with Crippen LogP contribution in [0.25, 0.3) is 11.3 Å². The standard InChI is InChI=1S/C20H25N5S/c1-15(17-9-10-26-14-17)11-23-20(21-2)25(3)13-19-22-12-18(24-19)16-7-5-4-6-8-16/h4-10,12,14-15H,11,13H2,1-3H3,(H,21,23)(H,22,24). The van der Waals surface area contributed by atoms with Gasteiger partial charge in [0, 0.05) is 20.6 Å². The number of thiophene rings is 1. The van der Waals surface area contributed by atoms with Crippen molar-refractivity contribution >= 4 is 17.3 Å². The molecular formula is C20H25N5S. The van der Waals surface area contributed by atoms with Crippen LogP contribution in [-0.2, 0) is 6.54 Å². The Hall–Kier alpha value is -2.60. The molecule has 1 aromatic carbocycles. The highest BCUT2D eigenvalue weighted by Gasteiger charge is 2.12. The van der Waals surface area contributed by atoms with Crippen LogP contribution in [0.4, 0.5) is 0 Å². The number of hydrogen-bond donors (Lipinski definition) is 2. The first kappa shape index (κ1) is 18.2. The van der Waals surface area contributed by atoms with Gasteiger partial charge in [-0.25, -0.2) is 4.98 Å². The molecule has 0 aliphatic rings. The predicted molar refractivity (Wildman–Crippen MR) is 110 cm³/mol. The van der Waals surface area contributed by atoms with Crippen LogP contribution in [0.5, 0.6) is 0 Å². The number of H-pyrrole nitrogens is 1. The number of imidazole rings is 1. The highest BCUT2D eigenvalue weighted by molar-refractivity contribution is 7.07. The molecule has 26 heavy (non-hydrogen) atoms. The third-order valence-corrected chi connectivity index (χ3v) is 5.05. The minimum Gasteiger partial charge on any atom is -0.356 e. The number of hydrogen-bond acceptors (Lipinski definition) is 3. The topological polar surface area (TPSA) is 56.3 Å². The van der Waals surface area contributed by atoms with Crippen molar-refractivity contribution < 1.29 is 0 Å². The normalized spacial score (nSPS) is 12.8. The smallest absolute Gasteiger partial charge is 0.193 e. The molecule has 0 aliphatic carbocycles. The maximum atomic E-state index is 4.51. The molecule has 1 atom stereocenters. The lowest BCUT2D eigenvalue weighted by Crippen LogP contribution is -2.40. The molecule has 0 bridgehead atoms. The van der Waals surface area contributed by atoms with E-state index in [2.05, 4.69) is 61.1 Å². The first-order chi connectivity index (χ1) is 12.7. The quantitative estimate of drug-likeness (QED) is 0.512. The maximum Gasteiger partial charge on any atom is 0.193 e. The monoisotopic (exact) mass is 367 g/mol. The second-order valence-corrected chi connectivity index (χ2v) is 7.13. The Balaban J connectivity index is 1.57. The molecule has 2 aromatic heterocycles. The first-order valence-electron chi connectivity index (χ1n) is 8.70. The molecule has 0 spiro atoms. The summed E-state index contributed by atoms with van der Waals surface area (Å²) >= 11 is 1.74. The van der Waals surface area contributed by atoms with Gasteiger partial charge in [0.25, 0.3) is 0 Å². The van der Waals surface area contributed by atoms with Gasteiger partial charge in [0.1, 0.15) is 5.82 Å². The van der Waals surface area contributed by atoms with E-state index in [1.165, 1.54) is 5.56 Å². The molecule has 0 saturated carbocycles. The Morgan fingerprint density at radius 3 is 2.81 bits per heavy atom. The summed E-state index contributed by atoms with van der Waals surface area (Å²) in [6.07, 6.45) is 1.88. The van der Waals surface area contributed by atoms with Crippen LogP contribution < -0.4 is 5.32 Å². The summed E-state index contributed by atoms with van der Waals surface area (Å²) in [6, 6.07) is 12.4. The molecule has 0 radical (unpaired) electrons. The third kappa shape index (κ3) is 4.52. The highest BCUT2D eigenvalue weighted by atomic mass is 32.1. The molecule has 0 aliphatic heterocycles. The van der Waals surface area contributed by atoms with Gasteiger partial charge in [-0.2, -0.15) is 11.3 Å². The van der Waals surface area contributed by atoms with Crippen LogP contribution in [0.1, 0.15) is 24.2 Å². The van der Waals surface area contributed by atoms with Crippen molar-refractivity contribution in [2.45, 2.75) is 19.4 Å². The molecule has 0 fully saturated rings. The average molecular weight is 368 g/mol. The van der Waals surface area contributed by atoms with Gasteiger partial charge in [0.2, 0.25) is 0 Å². The molecule has 3 aromatic rings. The summed E-state index contributed by atoms with van der Waals surface area (Å²) in [4.78, 5) is 14.4. The molecule has 5 nitrogen and oxygen atoms in total. The van der Waals surface area contributed by atoms with Gasteiger partial charge in [-0.05, 0) is 33.9 Å². The number of aliphatic imine (C=N–C) groups is 1. The second-order valence-electron chi connectivity index (χ2n) is 6.35. The lowest BCUT2D eigenvalue weighted by Gasteiger charge is -2.22. The van der Waals surface area contributed by atoms with Gasteiger partial charge in [0.15, 0.2) is 5.96 Å². The van der Waals surface area contributed by atoms with E-state index < -0.39 is 0 Å². The minimum atomic E-state index is 0.444. The maximum absolute atomic E-state index is 4.51. The summed E-state index contributed by atoms with van der Waals surface area (Å²) in [5.74, 6) is 2.23. The van der Waals surface area contributed by atoms with Gasteiger partial charge in [-0.15, -0.1) is 0 Å². The van der Waals surface area contributed by atoms with E-state index in [-0.39, 0.29) is 0 Å². The SMILES string of the molecule is CN=C(NCC(C)c1ccsc1)N(C)Cc1ncc(-c2ccccc2)[nH]1. The number of benzene rings is 1. The lowest BCUT2D eigenvalue weighted by molar-refractivity contribution is 0.461. The van der Waals surface area contributed by atoms with Crippen molar-refractivity contribution in [1.82, 2.24) is 20.2 Å². The summed E-state index contributed by atoms with van der Waals surface area (Å²) < 4.78 is 0. The van der Waals surface area contributed by atoms with Crippen LogP contribution in [0.15, 0.2) is 58.3 Å². The number of nitrogens with one attached hydrogen (secondary N) is 2. The molecule has 2 heterocycles. The molecule has 3 rings (SSSR count). The number of guanidine groups is 1. The van der Waals surface area contributed by atoms with E-state index in [1.54, 1.807) is 11.3 Å². The molecular weight excluding hydrogens is 342 g/mol. The summed E-state index contributed by atoms with van der Waals surface area (Å²) in [7, 11) is 3.83. The van der Waals surface area contributed by atoms with Crippen LogP contribution in [0.3, 0.4) is 0 Å². The van der Waals surface area contributed by atoms with Gasteiger partial charge in [0.05, 0.1) is 18.4 Å². The van der Waals surface area contributed by atoms with Crippen molar-refractivity contribution in [3.05, 3.63) is 64.7 Å². The Bertz CT molecular complexity index is 823. The number of aromatic amines is 1. The van der Waals surface area contributed by atoms with E-state index in [4.69, 9.17) is 0 Å². The molecule has 2 N–H and O–H groups in total. The fraction of sp³-hybridized carbons (Fsp3) is 0.300. The zero-order valence-electron chi connectivity index (χ0n) is 15.4. The van der Waals surface area contributed by atoms with Crippen molar-refractivity contribution in [2.75, 3.05) is 20.6 Å². The van der Waals surface area contributed by atoms with E-state index in [0.717, 1.165) is 29.6 Å². The van der Waals surface area contributed by atoms with Gasteiger partial charge < -0.3 is 15.2 Å². The van der Waals surface area contributed by atoms with Crippen molar-refractivity contribution in [3.8, 4) is 11.3 Å². The van der Waals surface area contributed by atoms with Crippen LogP contribution in [-0.4, -0.2) is 41.5 Å². The summed E-state index contributed by atoms with van der Waals surface area (Å²) in [5.41, 5.74) is 3.53. The molecule has 6 heteroatoms. The molecule has 0 amide bonds. The molecule has 1 unspecified atom stereocenters. The Kier molecular flexibility index (Phi) is 6.07. The first-order valence-corrected chi connectivity index (χ1v) is 9.65. The fourth-order valence-corrected chi connectivity index (χ4v) is 3.59. The summed E-state index contributed by atoms with van der Waals surface area (Å²) in [6.45, 7) is 3.74. The van der Waals surface area contributed by atoms with E-state index >= 15 is 0 Å². The predicted octanol–water partition coefficient (Wildman–Crippen LogP) is 3.95. The zero-order chi connectivity index (χ0) is 18.4. The largest absolute Gasteiger partial charge is 0.356 e. The third-order valence-electron chi connectivity index (χ3n) is 4.35. The van der Waals surface area contributed by atoms with Gasteiger partial charge in [-0.3, -0.25) is 4.99 Å². The lowest BCUT2D eigenvalue weighted by atomic mass is 10.1. The number of nitrogens with zero attached hydrogens (tertiary/aromatic N) is 3. The van der Waals surface area contributed by atoms with Gasteiger partial charge >= 0.3 is 0 Å². The van der Waals surface area contributed by atoms with Crippen molar-refractivity contribution in [1.29, 1.82) is 0 Å². The van der Waals surface area contributed by atoms with E-state index in [1.807, 2.05) is 38.5 Å². The Morgan fingerprint density at radius 2 is 2.12 bits per heavy atom. The van der Waals surface area contributed by atoms with Crippen molar-refractivity contribution in [2.24, 2.45) is 4.99 Å². The van der Waals surface area contributed by atoms with Crippen LogP contribution in [0.2, 0.25) is 0 Å². The van der Waals surface area contributed by atoms with E-state index in [0.29, 0.717) is 12.5 Å². The molecule has 136 valence electrons. The Morgan fingerprint density at radius 1 is 1.31 bits per heavy atom. The average Bonchev–Trinajstić information content (AvgIpc) is 3.35. The van der Waals surface area contributed by atoms with Crippen molar-refractivity contribution in [3.63, 3.8) is 0 Å². The Labute approximate surface area is 158 Å².